The molecule has 1 aromatic carbocycles. The third-order valence-corrected chi connectivity index (χ3v) is 6.78. The lowest BCUT2D eigenvalue weighted by molar-refractivity contribution is 0.0185. The van der Waals surface area contributed by atoms with Crippen LogP contribution in [-0.2, 0) is 11.3 Å². The van der Waals surface area contributed by atoms with Gasteiger partial charge in [0.2, 0.25) is 5.95 Å². The molecule has 1 fully saturated rings. The number of ether oxygens (including phenoxy) is 1. The number of benzene rings is 1. The Morgan fingerprint density at radius 2 is 2.03 bits per heavy atom. The standard InChI is InChI=1S/C27H37N7O3S/c1-17(2)21-15-29-34-22(21)31-25(38-6)32-24(34)28-14-18-9-7-10-19(13-18)23(35)30-20-11-8-12-33(16-20)26(36)37-27(3,4)5/h7,9-10,13,15,17,20H,8,11-12,14,16H2,1-6H3,(H,30,35)(H,28,31,32)/t20-/m0/s1. The fourth-order valence-corrected chi connectivity index (χ4v) is 4.70. The van der Waals surface area contributed by atoms with Crippen molar-refractivity contribution in [2.45, 2.75) is 76.7 Å². The Bertz CT molecular complexity index is 1300. The van der Waals surface area contributed by atoms with Crippen LogP contribution >= 0.6 is 11.8 Å². The van der Waals surface area contributed by atoms with Crippen LogP contribution in [0.25, 0.3) is 5.65 Å². The van der Waals surface area contributed by atoms with Gasteiger partial charge in [-0.2, -0.15) is 14.6 Å². The van der Waals surface area contributed by atoms with Gasteiger partial charge in [-0.05, 0) is 63.5 Å². The first kappa shape index (κ1) is 27.7. The average Bonchev–Trinajstić information content (AvgIpc) is 3.31. The normalized spacial score (nSPS) is 16.1. The van der Waals surface area contributed by atoms with Crippen LogP contribution < -0.4 is 10.6 Å². The van der Waals surface area contributed by atoms with Gasteiger partial charge < -0.3 is 20.3 Å². The molecule has 0 radical (unpaired) electrons. The summed E-state index contributed by atoms with van der Waals surface area (Å²) in [5.41, 5.74) is 2.81. The number of likely N-dealkylation sites (tertiary alicyclic amines) is 1. The number of amides is 2. The molecule has 3 aromatic rings. The summed E-state index contributed by atoms with van der Waals surface area (Å²) in [4.78, 5) is 36.5. The maximum atomic E-state index is 13.1. The summed E-state index contributed by atoms with van der Waals surface area (Å²) in [5.74, 6) is 0.733. The van der Waals surface area contributed by atoms with Crippen LogP contribution in [0.4, 0.5) is 10.7 Å². The van der Waals surface area contributed by atoms with E-state index in [0.29, 0.717) is 42.2 Å². The smallest absolute Gasteiger partial charge is 0.410 e. The van der Waals surface area contributed by atoms with Crippen LogP contribution in [0.15, 0.2) is 35.6 Å². The number of thioether (sulfide) groups is 1. The third kappa shape index (κ3) is 6.75. The van der Waals surface area contributed by atoms with Gasteiger partial charge in [-0.25, -0.2) is 9.78 Å². The maximum Gasteiger partial charge on any atom is 0.410 e. The van der Waals surface area contributed by atoms with Crippen molar-refractivity contribution in [1.29, 1.82) is 0 Å². The van der Waals surface area contributed by atoms with E-state index < -0.39 is 5.60 Å². The minimum absolute atomic E-state index is 0.125. The first-order valence-corrected chi connectivity index (χ1v) is 14.2. The zero-order valence-electron chi connectivity index (χ0n) is 22.9. The molecule has 1 atom stereocenters. The third-order valence-electron chi connectivity index (χ3n) is 6.23. The molecule has 0 unspecified atom stereocenters. The lowest BCUT2D eigenvalue weighted by Gasteiger charge is -2.34. The quantitative estimate of drug-likeness (QED) is 0.415. The van der Waals surface area contributed by atoms with Crippen molar-refractivity contribution in [3.8, 4) is 0 Å². The molecular weight excluding hydrogens is 502 g/mol. The fraction of sp³-hybridized carbons (Fsp3) is 0.519. The number of carbonyl (C=O) groups excluding carboxylic acids is 2. The molecule has 2 amide bonds. The van der Waals surface area contributed by atoms with E-state index in [1.165, 1.54) is 11.8 Å². The minimum Gasteiger partial charge on any atom is -0.444 e. The van der Waals surface area contributed by atoms with Crippen molar-refractivity contribution < 1.29 is 14.3 Å². The van der Waals surface area contributed by atoms with E-state index in [1.807, 2.05) is 51.4 Å². The van der Waals surface area contributed by atoms with Gasteiger partial charge in [0.1, 0.15) is 5.60 Å². The van der Waals surface area contributed by atoms with Gasteiger partial charge in [-0.1, -0.05) is 37.7 Å². The fourth-order valence-electron chi connectivity index (χ4n) is 4.35. The Hall–Kier alpha value is -3.34. The lowest BCUT2D eigenvalue weighted by atomic mass is 10.0. The van der Waals surface area contributed by atoms with Crippen LogP contribution in [0.2, 0.25) is 0 Å². The van der Waals surface area contributed by atoms with E-state index in [1.54, 1.807) is 15.5 Å². The molecule has 0 saturated carbocycles. The number of rotatable bonds is 7. The summed E-state index contributed by atoms with van der Waals surface area (Å²) < 4.78 is 7.23. The highest BCUT2D eigenvalue weighted by molar-refractivity contribution is 7.98. The van der Waals surface area contributed by atoms with E-state index in [-0.39, 0.29) is 18.0 Å². The molecule has 204 valence electrons. The predicted octanol–water partition coefficient (Wildman–Crippen LogP) is 4.71. The first-order chi connectivity index (χ1) is 18.0. The molecule has 11 heteroatoms. The number of hydrogen-bond donors (Lipinski definition) is 2. The van der Waals surface area contributed by atoms with Crippen molar-refractivity contribution in [1.82, 2.24) is 29.8 Å². The zero-order chi connectivity index (χ0) is 27.4. The summed E-state index contributed by atoms with van der Waals surface area (Å²) in [7, 11) is 0. The molecule has 2 aromatic heterocycles. The van der Waals surface area contributed by atoms with Crippen LogP contribution in [-0.4, -0.2) is 67.5 Å². The Labute approximate surface area is 227 Å². The Kier molecular flexibility index (Phi) is 8.44. The molecule has 3 heterocycles. The molecule has 1 aliphatic heterocycles. The Morgan fingerprint density at radius 3 is 2.74 bits per heavy atom. The second-order valence-electron chi connectivity index (χ2n) is 10.8. The van der Waals surface area contributed by atoms with Crippen molar-refractivity contribution in [2.75, 3.05) is 24.7 Å². The summed E-state index contributed by atoms with van der Waals surface area (Å²) in [6.45, 7) is 11.3. The zero-order valence-corrected chi connectivity index (χ0v) is 23.8. The molecule has 0 bridgehead atoms. The number of anilines is 1. The predicted molar refractivity (Wildman–Crippen MR) is 149 cm³/mol. The minimum atomic E-state index is -0.551. The number of piperidine rings is 1. The van der Waals surface area contributed by atoms with Gasteiger partial charge in [0.25, 0.3) is 5.91 Å². The van der Waals surface area contributed by atoms with Gasteiger partial charge in [0.05, 0.1) is 6.20 Å². The number of nitrogens with one attached hydrogen (secondary N) is 2. The number of carbonyl (C=O) groups is 2. The molecule has 10 nitrogen and oxygen atoms in total. The summed E-state index contributed by atoms with van der Waals surface area (Å²) >= 11 is 1.48. The Balaban J connectivity index is 1.41. The van der Waals surface area contributed by atoms with Crippen LogP contribution in [0, 0.1) is 0 Å². The highest BCUT2D eigenvalue weighted by Gasteiger charge is 2.28. The molecule has 1 aliphatic rings. The highest BCUT2D eigenvalue weighted by atomic mass is 32.2. The number of aromatic nitrogens is 4. The van der Waals surface area contributed by atoms with Gasteiger partial charge >= 0.3 is 6.09 Å². The van der Waals surface area contributed by atoms with E-state index in [9.17, 15) is 9.59 Å². The maximum absolute atomic E-state index is 13.1. The second kappa shape index (κ2) is 11.6. The summed E-state index contributed by atoms with van der Waals surface area (Å²) in [6.07, 6.45) is 5.07. The summed E-state index contributed by atoms with van der Waals surface area (Å²) in [6, 6.07) is 7.37. The van der Waals surface area contributed by atoms with Crippen molar-refractivity contribution in [3.63, 3.8) is 0 Å². The molecule has 1 saturated heterocycles. The topological polar surface area (TPSA) is 114 Å². The number of nitrogens with zero attached hydrogens (tertiary/aromatic N) is 5. The molecule has 0 aliphatic carbocycles. The van der Waals surface area contributed by atoms with Gasteiger partial charge in [-0.15, -0.1) is 0 Å². The van der Waals surface area contributed by atoms with E-state index in [2.05, 4.69) is 39.5 Å². The first-order valence-electron chi connectivity index (χ1n) is 13.0. The second-order valence-corrected chi connectivity index (χ2v) is 11.6. The van der Waals surface area contributed by atoms with Gasteiger partial charge in [0, 0.05) is 36.8 Å². The highest BCUT2D eigenvalue weighted by Crippen LogP contribution is 2.23. The Morgan fingerprint density at radius 1 is 1.24 bits per heavy atom. The summed E-state index contributed by atoms with van der Waals surface area (Å²) in [5, 5.41) is 11.6. The molecular formula is C27H37N7O3S. The van der Waals surface area contributed by atoms with E-state index in [0.717, 1.165) is 29.6 Å². The van der Waals surface area contributed by atoms with Gasteiger partial charge in [-0.3, -0.25) is 4.79 Å². The van der Waals surface area contributed by atoms with Gasteiger partial charge in [0.15, 0.2) is 10.8 Å². The average molecular weight is 540 g/mol. The van der Waals surface area contributed by atoms with Crippen molar-refractivity contribution >= 4 is 35.4 Å². The largest absolute Gasteiger partial charge is 0.444 e. The van der Waals surface area contributed by atoms with Crippen molar-refractivity contribution in [2.24, 2.45) is 0 Å². The molecule has 38 heavy (non-hydrogen) atoms. The van der Waals surface area contributed by atoms with Crippen LogP contribution in [0.1, 0.15) is 74.9 Å². The molecule has 0 spiro atoms. The van der Waals surface area contributed by atoms with E-state index in [4.69, 9.17) is 4.74 Å². The monoisotopic (exact) mass is 539 g/mol. The SMILES string of the molecule is CSc1nc(NCc2cccc(C(=O)N[C@H]3CCCN(C(=O)OC(C)(C)C)C3)c2)n2ncc(C(C)C)c2n1. The van der Waals surface area contributed by atoms with Crippen molar-refractivity contribution in [3.05, 3.63) is 47.2 Å². The van der Waals surface area contributed by atoms with E-state index >= 15 is 0 Å². The number of hydrogen-bond acceptors (Lipinski definition) is 8. The lowest BCUT2D eigenvalue weighted by Crippen LogP contribution is -2.50. The van der Waals surface area contributed by atoms with Crippen LogP contribution in [0.3, 0.4) is 0 Å². The van der Waals surface area contributed by atoms with Crippen LogP contribution in [0.5, 0.6) is 0 Å². The number of fused-ring (bicyclic) bond motifs is 1. The molecule has 2 N–H and O–H groups in total. The molecule has 4 rings (SSSR count).